The number of hydrogen-bond acceptors (Lipinski definition) is 3. The van der Waals surface area contributed by atoms with Crippen LogP contribution in [0.4, 0.5) is 5.69 Å². The van der Waals surface area contributed by atoms with Crippen LogP contribution >= 0.6 is 23.2 Å². The molecule has 2 aliphatic heterocycles. The summed E-state index contributed by atoms with van der Waals surface area (Å²) in [6.45, 7) is 4.02. The summed E-state index contributed by atoms with van der Waals surface area (Å²) in [6, 6.07) is 13.0. The second-order valence-corrected chi connectivity index (χ2v) is 8.76. The van der Waals surface area contributed by atoms with Crippen LogP contribution in [0.15, 0.2) is 42.5 Å². The number of amides is 2. The van der Waals surface area contributed by atoms with Gasteiger partial charge in [0, 0.05) is 31.7 Å². The molecule has 2 aliphatic rings. The number of benzene rings is 2. The molecule has 2 aromatic carbocycles. The van der Waals surface area contributed by atoms with Gasteiger partial charge < -0.3 is 15.1 Å². The van der Waals surface area contributed by atoms with Crippen LogP contribution in [0.25, 0.3) is 0 Å². The molecule has 0 bridgehead atoms. The number of fused-ring (bicyclic) bond motifs is 1. The summed E-state index contributed by atoms with van der Waals surface area (Å²) >= 11 is 12.3. The lowest BCUT2D eigenvalue weighted by atomic mass is 9.89. The number of anilines is 1. The van der Waals surface area contributed by atoms with Crippen LogP contribution in [0, 0.1) is 0 Å². The molecule has 0 spiro atoms. The maximum atomic E-state index is 13.6. The van der Waals surface area contributed by atoms with Crippen molar-refractivity contribution in [1.82, 2.24) is 9.80 Å². The lowest BCUT2D eigenvalue weighted by molar-refractivity contribution is -0.135. The average molecular weight is 446 g/mol. The van der Waals surface area contributed by atoms with Crippen molar-refractivity contribution < 1.29 is 9.59 Å². The molecule has 5 nitrogen and oxygen atoms in total. The van der Waals surface area contributed by atoms with Crippen molar-refractivity contribution in [3.8, 4) is 0 Å². The molecule has 2 heterocycles. The molecule has 158 valence electrons. The first-order valence-corrected chi connectivity index (χ1v) is 11.1. The van der Waals surface area contributed by atoms with Gasteiger partial charge in [-0.2, -0.15) is 0 Å². The number of carbonyl (C=O) groups is 2. The largest absolute Gasteiger partial charge is 0.337 e. The van der Waals surface area contributed by atoms with Crippen molar-refractivity contribution in [2.45, 2.75) is 31.7 Å². The van der Waals surface area contributed by atoms with Gasteiger partial charge in [0.25, 0.3) is 0 Å². The maximum absolute atomic E-state index is 13.6. The Labute approximate surface area is 186 Å². The third-order valence-electron chi connectivity index (χ3n) is 5.85. The lowest BCUT2D eigenvalue weighted by Crippen LogP contribution is -2.42. The first-order chi connectivity index (χ1) is 14.5. The molecular weight excluding hydrogens is 421 g/mol. The Morgan fingerprint density at radius 1 is 1.10 bits per heavy atom. The number of likely N-dealkylation sites (tertiary alicyclic amines) is 1. The third kappa shape index (κ3) is 4.80. The molecular formula is C23H25Cl2N3O2. The van der Waals surface area contributed by atoms with E-state index in [9.17, 15) is 9.59 Å². The number of hydrogen-bond donors (Lipinski definition) is 1. The highest BCUT2D eigenvalue weighted by molar-refractivity contribution is 6.42. The second-order valence-electron chi connectivity index (χ2n) is 7.95. The summed E-state index contributed by atoms with van der Waals surface area (Å²) in [5.41, 5.74) is 2.52. The van der Waals surface area contributed by atoms with E-state index in [4.69, 9.17) is 23.2 Å². The zero-order chi connectivity index (χ0) is 21.1. The average Bonchev–Trinajstić information content (AvgIpc) is 3.26. The van der Waals surface area contributed by atoms with Gasteiger partial charge in [0.2, 0.25) is 11.8 Å². The minimum atomic E-state index is -0.476. The fourth-order valence-electron chi connectivity index (χ4n) is 4.25. The standard InChI is InChI=1S/C23H25Cl2N3O2/c24-19-8-7-16(13-20(19)25)15-28(12-11-27-9-3-4-10-27)23(30)18-14-22(29)26-21-6-2-1-5-17(18)21/h1-2,5-8,13,18H,3-4,9-12,14-15H2,(H,26,29). The summed E-state index contributed by atoms with van der Waals surface area (Å²) in [6.07, 6.45) is 2.57. The summed E-state index contributed by atoms with van der Waals surface area (Å²) in [7, 11) is 0. The zero-order valence-electron chi connectivity index (χ0n) is 16.7. The number of nitrogens with zero attached hydrogens (tertiary/aromatic N) is 2. The van der Waals surface area contributed by atoms with E-state index in [0.717, 1.165) is 36.4 Å². The van der Waals surface area contributed by atoms with Gasteiger partial charge in [-0.25, -0.2) is 0 Å². The number of para-hydroxylation sites is 1. The Kier molecular flexibility index (Phi) is 6.61. The Hall–Kier alpha value is -2.08. The fraction of sp³-hybridized carbons (Fsp3) is 0.391. The maximum Gasteiger partial charge on any atom is 0.231 e. The first-order valence-electron chi connectivity index (χ1n) is 10.3. The van der Waals surface area contributed by atoms with E-state index in [2.05, 4.69) is 10.2 Å². The summed E-state index contributed by atoms with van der Waals surface area (Å²) in [5.74, 6) is -0.625. The molecule has 0 radical (unpaired) electrons. The van der Waals surface area contributed by atoms with Crippen LogP contribution < -0.4 is 5.32 Å². The van der Waals surface area contributed by atoms with Crippen LogP contribution in [0.2, 0.25) is 10.0 Å². The van der Waals surface area contributed by atoms with Crippen molar-refractivity contribution in [2.24, 2.45) is 0 Å². The lowest BCUT2D eigenvalue weighted by Gasteiger charge is -2.32. The quantitative estimate of drug-likeness (QED) is 0.709. The van der Waals surface area contributed by atoms with Crippen LogP contribution in [0.5, 0.6) is 0 Å². The molecule has 1 saturated heterocycles. The van der Waals surface area contributed by atoms with E-state index in [1.165, 1.54) is 12.8 Å². The van der Waals surface area contributed by atoms with E-state index >= 15 is 0 Å². The number of halogens is 2. The molecule has 2 aromatic rings. The molecule has 0 aliphatic carbocycles. The van der Waals surface area contributed by atoms with Gasteiger partial charge in [0.15, 0.2) is 0 Å². The van der Waals surface area contributed by atoms with Crippen LogP contribution in [-0.2, 0) is 16.1 Å². The van der Waals surface area contributed by atoms with Crippen LogP contribution in [0.1, 0.15) is 36.3 Å². The highest BCUT2D eigenvalue weighted by Gasteiger charge is 2.33. The highest BCUT2D eigenvalue weighted by atomic mass is 35.5. The normalized spacial score (nSPS) is 18.7. The number of carbonyl (C=O) groups excluding carboxylic acids is 2. The predicted octanol–water partition coefficient (Wildman–Crippen LogP) is 4.54. The molecule has 0 saturated carbocycles. The van der Waals surface area contributed by atoms with Crippen molar-refractivity contribution in [3.05, 3.63) is 63.6 Å². The highest BCUT2D eigenvalue weighted by Crippen LogP contribution is 2.34. The van der Waals surface area contributed by atoms with Gasteiger partial charge in [-0.1, -0.05) is 47.5 Å². The van der Waals surface area contributed by atoms with Crippen molar-refractivity contribution in [3.63, 3.8) is 0 Å². The molecule has 4 rings (SSSR count). The van der Waals surface area contributed by atoms with Crippen molar-refractivity contribution >= 4 is 40.7 Å². The molecule has 7 heteroatoms. The third-order valence-corrected chi connectivity index (χ3v) is 6.59. The molecule has 1 N–H and O–H groups in total. The SMILES string of the molecule is O=C1CC(C(=O)N(CCN2CCCC2)Cc2ccc(Cl)c(Cl)c2)c2ccccc2N1. The minimum absolute atomic E-state index is 0.0254. The van der Waals surface area contributed by atoms with E-state index in [0.29, 0.717) is 23.1 Å². The Morgan fingerprint density at radius 3 is 2.63 bits per heavy atom. The molecule has 1 unspecified atom stereocenters. The summed E-state index contributed by atoms with van der Waals surface area (Å²) in [5, 5.41) is 3.84. The van der Waals surface area contributed by atoms with Gasteiger partial charge >= 0.3 is 0 Å². The van der Waals surface area contributed by atoms with E-state index in [1.807, 2.05) is 41.3 Å². The number of rotatable bonds is 6. The monoisotopic (exact) mass is 445 g/mol. The van der Waals surface area contributed by atoms with E-state index in [1.54, 1.807) is 6.07 Å². The van der Waals surface area contributed by atoms with Crippen molar-refractivity contribution in [2.75, 3.05) is 31.5 Å². The van der Waals surface area contributed by atoms with Crippen LogP contribution in [0.3, 0.4) is 0 Å². The smallest absolute Gasteiger partial charge is 0.231 e. The second kappa shape index (κ2) is 9.38. The van der Waals surface area contributed by atoms with Gasteiger partial charge in [-0.15, -0.1) is 0 Å². The zero-order valence-corrected chi connectivity index (χ0v) is 18.3. The number of nitrogens with one attached hydrogen (secondary N) is 1. The van der Waals surface area contributed by atoms with Gasteiger partial charge in [0.05, 0.1) is 16.0 Å². The Morgan fingerprint density at radius 2 is 1.87 bits per heavy atom. The fourth-order valence-corrected chi connectivity index (χ4v) is 4.57. The topological polar surface area (TPSA) is 52.7 Å². The van der Waals surface area contributed by atoms with Gasteiger partial charge in [-0.3, -0.25) is 9.59 Å². The molecule has 0 aromatic heterocycles. The Balaban J connectivity index is 1.58. The predicted molar refractivity (Wildman–Crippen MR) is 120 cm³/mol. The summed E-state index contributed by atoms with van der Waals surface area (Å²) < 4.78 is 0. The van der Waals surface area contributed by atoms with Gasteiger partial charge in [-0.05, 0) is 55.3 Å². The summed E-state index contributed by atoms with van der Waals surface area (Å²) in [4.78, 5) is 30.1. The minimum Gasteiger partial charge on any atom is -0.337 e. The molecule has 1 atom stereocenters. The van der Waals surface area contributed by atoms with E-state index in [-0.39, 0.29) is 18.2 Å². The Bertz CT molecular complexity index is 944. The first kappa shape index (κ1) is 21.2. The van der Waals surface area contributed by atoms with Crippen LogP contribution in [-0.4, -0.2) is 47.8 Å². The molecule has 30 heavy (non-hydrogen) atoms. The van der Waals surface area contributed by atoms with Gasteiger partial charge in [0.1, 0.15) is 0 Å². The van der Waals surface area contributed by atoms with E-state index < -0.39 is 5.92 Å². The molecule has 1 fully saturated rings. The van der Waals surface area contributed by atoms with Crippen molar-refractivity contribution in [1.29, 1.82) is 0 Å². The molecule has 2 amide bonds.